The van der Waals surface area contributed by atoms with Crippen molar-refractivity contribution in [1.82, 2.24) is 19.7 Å². The van der Waals surface area contributed by atoms with Crippen LogP contribution in [0, 0.1) is 13.8 Å². The standard InChI is InChI=1S/C16H18ClN5O2/c1-9-5-6-12(24-8-23-4)10(2)13(9)19-14-11-7-18-16(17)20-15(11)22(3)21-14/h5-7H,8H2,1-4H3,(H,19,21). The molecule has 2 heterocycles. The van der Waals surface area contributed by atoms with Crippen molar-refractivity contribution in [2.75, 3.05) is 19.2 Å². The van der Waals surface area contributed by atoms with E-state index < -0.39 is 0 Å². The van der Waals surface area contributed by atoms with E-state index in [4.69, 9.17) is 21.1 Å². The van der Waals surface area contributed by atoms with Gasteiger partial charge >= 0.3 is 0 Å². The fourth-order valence-electron chi connectivity index (χ4n) is 2.53. The number of nitrogens with one attached hydrogen (secondary N) is 1. The third kappa shape index (κ3) is 3.00. The molecule has 0 saturated heterocycles. The van der Waals surface area contributed by atoms with Crippen molar-refractivity contribution in [2.45, 2.75) is 13.8 Å². The molecule has 2 aromatic heterocycles. The highest BCUT2D eigenvalue weighted by Gasteiger charge is 2.15. The molecule has 0 radical (unpaired) electrons. The molecule has 3 rings (SSSR count). The molecule has 0 fully saturated rings. The molecule has 1 aromatic carbocycles. The van der Waals surface area contributed by atoms with Crippen molar-refractivity contribution in [3.63, 3.8) is 0 Å². The molecule has 0 unspecified atom stereocenters. The lowest BCUT2D eigenvalue weighted by Gasteiger charge is -2.15. The van der Waals surface area contributed by atoms with Crippen LogP contribution in [0.1, 0.15) is 11.1 Å². The van der Waals surface area contributed by atoms with E-state index >= 15 is 0 Å². The highest BCUT2D eigenvalue weighted by Crippen LogP contribution is 2.33. The van der Waals surface area contributed by atoms with Gasteiger partial charge in [-0.15, -0.1) is 0 Å². The SMILES string of the molecule is COCOc1ccc(C)c(Nc2nn(C)c3nc(Cl)ncc23)c1C. The van der Waals surface area contributed by atoms with Crippen molar-refractivity contribution in [3.8, 4) is 5.75 Å². The fourth-order valence-corrected chi connectivity index (χ4v) is 2.66. The highest BCUT2D eigenvalue weighted by atomic mass is 35.5. The normalized spacial score (nSPS) is 11.0. The average Bonchev–Trinajstić information content (AvgIpc) is 2.86. The average molecular weight is 348 g/mol. The monoisotopic (exact) mass is 347 g/mol. The van der Waals surface area contributed by atoms with Crippen LogP contribution in [0.5, 0.6) is 5.75 Å². The predicted molar refractivity (Wildman–Crippen MR) is 93.0 cm³/mol. The van der Waals surface area contributed by atoms with Gasteiger partial charge in [0.2, 0.25) is 5.28 Å². The topological polar surface area (TPSA) is 74.1 Å². The quantitative estimate of drug-likeness (QED) is 0.563. The number of aryl methyl sites for hydroxylation is 2. The summed E-state index contributed by atoms with van der Waals surface area (Å²) in [6.45, 7) is 4.20. The van der Waals surface area contributed by atoms with Gasteiger partial charge in [0.05, 0.1) is 5.39 Å². The first-order chi connectivity index (χ1) is 11.5. The maximum absolute atomic E-state index is 5.87. The summed E-state index contributed by atoms with van der Waals surface area (Å²) in [6, 6.07) is 3.91. The van der Waals surface area contributed by atoms with E-state index in [9.17, 15) is 0 Å². The number of hydrogen-bond donors (Lipinski definition) is 1. The molecule has 126 valence electrons. The van der Waals surface area contributed by atoms with E-state index in [0.717, 1.165) is 28.0 Å². The van der Waals surface area contributed by atoms with Crippen LogP contribution in [0.25, 0.3) is 11.0 Å². The van der Waals surface area contributed by atoms with Gasteiger partial charge in [-0.25, -0.2) is 9.67 Å². The number of aromatic nitrogens is 4. The molecule has 0 atom stereocenters. The summed E-state index contributed by atoms with van der Waals surface area (Å²) in [6.07, 6.45) is 1.66. The van der Waals surface area contributed by atoms with Crippen LogP contribution >= 0.6 is 11.6 Å². The number of rotatable bonds is 5. The third-order valence-electron chi connectivity index (χ3n) is 3.75. The fraction of sp³-hybridized carbons (Fsp3) is 0.312. The number of ether oxygens (including phenoxy) is 2. The van der Waals surface area contributed by atoms with Gasteiger partial charge < -0.3 is 14.8 Å². The van der Waals surface area contributed by atoms with E-state index in [1.165, 1.54) is 0 Å². The third-order valence-corrected chi connectivity index (χ3v) is 3.93. The molecule has 24 heavy (non-hydrogen) atoms. The van der Waals surface area contributed by atoms with Gasteiger partial charge in [-0.1, -0.05) is 6.07 Å². The Bertz CT molecular complexity index is 894. The number of anilines is 2. The van der Waals surface area contributed by atoms with Gasteiger partial charge in [-0.05, 0) is 37.1 Å². The maximum Gasteiger partial charge on any atom is 0.224 e. The largest absolute Gasteiger partial charge is 0.467 e. The zero-order chi connectivity index (χ0) is 17.3. The van der Waals surface area contributed by atoms with E-state index in [2.05, 4.69) is 20.4 Å². The van der Waals surface area contributed by atoms with Gasteiger partial charge in [0, 0.05) is 31.6 Å². The Kier molecular flexibility index (Phi) is 4.55. The second-order valence-corrected chi connectivity index (χ2v) is 5.74. The van der Waals surface area contributed by atoms with Crippen LogP contribution in [0.4, 0.5) is 11.5 Å². The second-order valence-electron chi connectivity index (χ2n) is 5.40. The minimum Gasteiger partial charge on any atom is -0.467 e. The Morgan fingerprint density at radius 2 is 2.08 bits per heavy atom. The molecule has 0 aliphatic rings. The molecular formula is C16H18ClN5O2. The van der Waals surface area contributed by atoms with Gasteiger partial charge in [-0.2, -0.15) is 10.1 Å². The zero-order valence-electron chi connectivity index (χ0n) is 13.9. The Labute approximate surface area is 144 Å². The molecule has 0 aliphatic heterocycles. The number of methoxy groups -OCH3 is 1. The summed E-state index contributed by atoms with van der Waals surface area (Å²) in [5, 5.41) is 8.83. The van der Waals surface area contributed by atoms with Crippen molar-refractivity contribution in [3.05, 3.63) is 34.7 Å². The van der Waals surface area contributed by atoms with Crippen LogP contribution in [-0.2, 0) is 11.8 Å². The molecular weight excluding hydrogens is 330 g/mol. The Morgan fingerprint density at radius 3 is 2.83 bits per heavy atom. The van der Waals surface area contributed by atoms with E-state index in [0.29, 0.717) is 11.5 Å². The minimum atomic E-state index is 0.194. The molecule has 7 nitrogen and oxygen atoms in total. The number of fused-ring (bicyclic) bond motifs is 1. The lowest BCUT2D eigenvalue weighted by Crippen LogP contribution is -2.04. The summed E-state index contributed by atoms with van der Waals surface area (Å²) in [5.74, 6) is 1.42. The van der Waals surface area contributed by atoms with Crippen molar-refractivity contribution < 1.29 is 9.47 Å². The molecule has 0 aliphatic carbocycles. The minimum absolute atomic E-state index is 0.194. The molecule has 0 bridgehead atoms. The highest BCUT2D eigenvalue weighted by molar-refractivity contribution is 6.28. The van der Waals surface area contributed by atoms with Crippen LogP contribution in [0.3, 0.4) is 0 Å². The molecule has 0 saturated carbocycles. The van der Waals surface area contributed by atoms with Gasteiger partial charge in [-0.3, -0.25) is 0 Å². The van der Waals surface area contributed by atoms with Crippen molar-refractivity contribution >= 4 is 34.1 Å². The number of nitrogens with zero attached hydrogens (tertiary/aromatic N) is 4. The zero-order valence-corrected chi connectivity index (χ0v) is 14.7. The van der Waals surface area contributed by atoms with Crippen LogP contribution in [0.15, 0.2) is 18.3 Å². The Morgan fingerprint density at radius 1 is 1.29 bits per heavy atom. The number of halogens is 1. The van der Waals surface area contributed by atoms with Crippen molar-refractivity contribution in [1.29, 1.82) is 0 Å². The smallest absolute Gasteiger partial charge is 0.224 e. The van der Waals surface area contributed by atoms with E-state index in [1.54, 1.807) is 18.0 Å². The first-order valence-electron chi connectivity index (χ1n) is 7.35. The number of benzene rings is 1. The second kappa shape index (κ2) is 6.62. The first kappa shape index (κ1) is 16.5. The summed E-state index contributed by atoms with van der Waals surface area (Å²) < 4.78 is 12.2. The molecule has 1 N–H and O–H groups in total. The van der Waals surface area contributed by atoms with Crippen LogP contribution in [0.2, 0.25) is 5.28 Å². The Balaban J connectivity index is 2.02. The molecule has 0 amide bonds. The van der Waals surface area contributed by atoms with Gasteiger partial charge in [0.25, 0.3) is 0 Å². The van der Waals surface area contributed by atoms with Crippen LogP contribution in [-0.4, -0.2) is 33.7 Å². The summed E-state index contributed by atoms with van der Waals surface area (Å²) in [4.78, 5) is 8.26. The summed E-state index contributed by atoms with van der Waals surface area (Å²) in [7, 11) is 3.41. The van der Waals surface area contributed by atoms with Gasteiger partial charge in [0.15, 0.2) is 18.3 Å². The molecule has 8 heteroatoms. The van der Waals surface area contributed by atoms with Gasteiger partial charge in [0.1, 0.15) is 5.75 Å². The first-order valence-corrected chi connectivity index (χ1v) is 7.73. The Hall–Kier alpha value is -2.38. The summed E-state index contributed by atoms with van der Waals surface area (Å²) >= 11 is 5.87. The van der Waals surface area contributed by atoms with Crippen molar-refractivity contribution in [2.24, 2.45) is 7.05 Å². The maximum atomic E-state index is 5.87. The summed E-state index contributed by atoms with van der Waals surface area (Å²) in [5.41, 5.74) is 3.64. The predicted octanol–water partition coefficient (Wildman–Crippen LogP) is 3.36. The van der Waals surface area contributed by atoms with E-state index in [1.807, 2.05) is 33.0 Å². The van der Waals surface area contributed by atoms with E-state index in [-0.39, 0.29) is 12.1 Å². The lowest BCUT2D eigenvalue weighted by atomic mass is 10.1. The molecule has 3 aromatic rings. The molecule has 0 spiro atoms. The number of hydrogen-bond acceptors (Lipinski definition) is 6. The lowest BCUT2D eigenvalue weighted by molar-refractivity contribution is 0.0507. The van der Waals surface area contributed by atoms with Crippen LogP contribution < -0.4 is 10.1 Å².